The molecule has 2 heterocycles. The first-order valence-corrected chi connectivity index (χ1v) is 10.0. The predicted octanol–water partition coefficient (Wildman–Crippen LogP) is 3.67. The van der Waals surface area contributed by atoms with Crippen LogP contribution in [-0.4, -0.2) is 36.3 Å². The summed E-state index contributed by atoms with van der Waals surface area (Å²) >= 11 is 0. The standard InChI is InChI=1S/C24H20N2O4/c1-26-21-9-8-15(10-16(21)11-23(26)28)22(27)13-30-24(29)18-12-20(14-6-7-14)25-19-5-3-2-4-17(18)19/h2-5,8-10,12,14H,6-7,11,13H2,1H3. The molecule has 6 heteroatoms. The van der Waals surface area contributed by atoms with E-state index in [2.05, 4.69) is 4.98 Å². The second kappa shape index (κ2) is 7.06. The minimum Gasteiger partial charge on any atom is -0.454 e. The van der Waals surface area contributed by atoms with Crippen LogP contribution in [0, 0.1) is 0 Å². The summed E-state index contributed by atoms with van der Waals surface area (Å²) < 4.78 is 5.38. The number of ether oxygens (including phenoxy) is 1. The first-order chi connectivity index (χ1) is 14.5. The van der Waals surface area contributed by atoms with E-state index < -0.39 is 5.97 Å². The quantitative estimate of drug-likeness (QED) is 0.482. The topological polar surface area (TPSA) is 76.6 Å². The van der Waals surface area contributed by atoms with Crippen LogP contribution in [0.25, 0.3) is 10.9 Å². The van der Waals surface area contributed by atoms with Crippen LogP contribution < -0.4 is 4.90 Å². The van der Waals surface area contributed by atoms with Gasteiger partial charge >= 0.3 is 5.97 Å². The lowest BCUT2D eigenvalue weighted by atomic mass is 10.1. The number of amides is 1. The van der Waals surface area contributed by atoms with Crippen LogP contribution in [0.5, 0.6) is 0 Å². The maximum absolute atomic E-state index is 12.8. The molecule has 1 aromatic heterocycles. The third-order valence-corrected chi connectivity index (χ3v) is 5.76. The summed E-state index contributed by atoms with van der Waals surface area (Å²) in [5.74, 6) is -0.430. The molecule has 0 atom stereocenters. The van der Waals surface area contributed by atoms with E-state index in [4.69, 9.17) is 4.74 Å². The highest BCUT2D eigenvalue weighted by molar-refractivity contribution is 6.06. The molecular weight excluding hydrogens is 380 g/mol. The number of benzene rings is 2. The summed E-state index contributed by atoms with van der Waals surface area (Å²) in [6, 6.07) is 14.4. The van der Waals surface area contributed by atoms with Gasteiger partial charge < -0.3 is 9.64 Å². The highest BCUT2D eigenvalue weighted by Crippen LogP contribution is 2.40. The van der Waals surface area contributed by atoms with Crippen molar-refractivity contribution < 1.29 is 19.1 Å². The van der Waals surface area contributed by atoms with Crippen LogP contribution in [-0.2, 0) is 16.0 Å². The third-order valence-electron chi connectivity index (χ3n) is 5.76. The number of nitrogens with zero attached hydrogens (tertiary/aromatic N) is 2. The second-order valence-corrected chi connectivity index (χ2v) is 7.86. The lowest BCUT2D eigenvalue weighted by Gasteiger charge is -2.11. The Hall–Kier alpha value is -3.54. The van der Waals surface area contributed by atoms with Crippen LogP contribution in [0.3, 0.4) is 0 Å². The molecule has 150 valence electrons. The number of esters is 1. The van der Waals surface area contributed by atoms with Crippen molar-refractivity contribution in [3.63, 3.8) is 0 Å². The van der Waals surface area contributed by atoms with Crippen LogP contribution in [0.1, 0.15) is 50.7 Å². The molecule has 5 rings (SSSR count). The van der Waals surface area contributed by atoms with Gasteiger partial charge in [0, 0.05) is 35.3 Å². The van der Waals surface area contributed by atoms with Crippen LogP contribution in [0.4, 0.5) is 5.69 Å². The first kappa shape index (κ1) is 18.5. The van der Waals surface area contributed by atoms with Gasteiger partial charge in [0.2, 0.25) is 5.91 Å². The van der Waals surface area contributed by atoms with E-state index in [-0.39, 0.29) is 24.7 Å². The van der Waals surface area contributed by atoms with Crippen molar-refractivity contribution in [3.8, 4) is 0 Å². The molecule has 6 nitrogen and oxygen atoms in total. The SMILES string of the molecule is CN1C(=O)Cc2cc(C(=O)COC(=O)c3cc(C4CC4)nc4ccccc34)ccc21. The van der Waals surface area contributed by atoms with Gasteiger partial charge in [-0.1, -0.05) is 18.2 Å². The van der Waals surface area contributed by atoms with Crippen molar-refractivity contribution >= 4 is 34.3 Å². The van der Waals surface area contributed by atoms with E-state index in [1.54, 1.807) is 36.2 Å². The maximum atomic E-state index is 12.8. The normalized spacial score (nSPS) is 15.4. The van der Waals surface area contributed by atoms with E-state index in [1.807, 2.05) is 24.3 Å². The monoisotopic (exact) mass is 400 g/mol. The van der Waals surface area contributed by atoms with E-state index in [0.29, 0.717) is 17.0 Å². The van der Waals surface area contributed by atoms with Crippen LogP contribution >= 0.6 is 0 Å². The average molecular weight is 400 g/mol. The molecule has 2 aromatic carbocycles. The fourth-order valence-corrected chi connectivity index (χ4v) is 3.89. The number of hydrogen-bond donors (Lipinski definition) is 0. The number of aromatic nitrogens is 1. The van der Waals surface area contributed by atoms with Gasteiger partial charge in [-0.2, -0.15) is 0 Å². The molecule has 0 saturated heterocycles. The Morgan fingerprint density at radius 3 is 2.73 bits per heavy atom. The number of ketones is 1. The Kier molecular flexibility index (Phi) is 4.35. The van der Waals surface area contributed by atoms with Gasteiger partial charge in [-0.05, 0) is 48.7 Å². The third kappa shape index (κ3) is 3.24. The van der Waals surface area contributed by atoms with Gasteiger partial charge in [0.15, 0.2) is 12.4 Å². The molecule has 0 radical (unpaired) electrons. The molecular formula is C24H20N2O4. The summed E-state index contributed by atoms with van der Waals surface area (Å²) in [6.07, 6.45) is 2.43. The number of para-hydroxylation sites is 1. The maximum Gasteiger partial charge on any atom is 0.339 e. The molecule has 0 spiro atoms. The Morgan fingerprint density at radius 2 is 1.93 bits per heavy atom. The smallest absolute Gasteiger partial charge is 0.339 e. The molecule has 3 aromatic rings. The first-order valence-electron chi connectivity index (χ1n) is 10.0. The van der Waals surface area contributed by atoms with Crippen molar-refractivity contribution in [2.75, 3.05) is 18.6 Å². The number of fused-ring (bicyclic) bond motifs is 2. The molecule has 1 aliphatic heterocycles. The average Bonchev–Trinajstić information content (AvgIpc) is 3.57. The molecule has 1 amide bonds. The summed E-state index contributed by atoms with van der Waals surface area (Å²) in [5, 5.41) is 0.721. The number of Topliss-reactive ketones (excluding diaryl/α,β-unsaturated/α-hetero) is 1. The van der Waals surface area contributed by atoms with Gasteiger partial charge in [-0.3, -0.25) is 14.6 Å². The molecule has 1 fully saturated rings. The molecule has 30 heavy (non-hydrogen) atoms. The van der Waals surface area contributed by atoms with Gasteiger partial charge in [-0.25, -0.2) is 4.79 Å². The second-order valence-electron chi connectivity index (χ2n) is 7.86. The molecule has 2 aliphatic rings. The molecule has 1 aliphatic carbocycles. The van der Waals surface area contributed by atoms with Crippen molar-refractivity contribution in [3.05, 3.63) is 70.9 Å². The zero-order chi connectivity index (χ0) is 20.8. The fourth-order valence-electron chi connectivity index (χ4n) is 3.89. The minimum absolute atomic E-state index is 0.00272. The number of carbonyl (C=O) groups is 3. The Morgan fingerprint density at radius 1 is 1.13 bits per heavy atom. The predicted molar refractivity (Wildman–Crippen MR) is 112 cm³/mol. The van der Waals surface area contributed by atoms with E-state index in [9.17, 15) is 14.4 Å². The van der Waals surface area contributed by atoms with Gasteiger partial charge in [0.05, 0.1) is 17.5 Å². The number of carbonyl (C=O) groups excluding carboxylic acids is 3. The zero-order valence-electron chi connectivity index (χ0n) is 16.6. The van der Waals surface area contributed by atoms with Crippen LogP contribution in [0.2, 0.25) is 0 Å². The van der Waals surface area contributed by atoms with E-state index in [1.165, 1.54) is 0 Å². The lowest BCUT2D eigenvalue weighted by molar-refractivity contribution is -0.117. The molecule has 1 saturated carbocycles. The van der Waals surface area contributed by atoms with Crippen molar-refractivity contribution in [1.82, 2.24) is 4.98 Å². The Balaban J connectivity index is 1.35. The molecule has 0 N–H and O–H groups in total. The van der Waals surface area contributed by atoms with Crippen molar-refractivity contribution in [1.29, 1.82) is 0 Å². The summed E-state index contributed by atoms with van der Waals surface area (Å²) in [4.78, 5) is 43.5. The number of hydrogen-bond acceptors (Lipinski definition) is 5. The largest absolute Gasteiger partial charge is 0.454 e. The zero-order valence-corrected chi connectivity index (χ0v) is 16.6. The van der Waals surface area contributed by atoms with Gasteiger partial charge in [-0.15, -0.1) is 0 Å². The number of rotatable bonds is 5. The summed E-state index contributed by atoms with van der Waals surface area (Å²) in [5.41, 5.74) is 4.16. The minimum atomic E-state index is -0.528. The Bertz CT molecular complexity index is 1210. The van der Waals surface area contributed by atoms with Crippen molar-refractivity contribution in [2.45, 2.75) is 25.2 Å². The van der Waals surface area contributed by atoms with Gasteiger partial charge in [0.25, 0.3) is 0 Å². The Labute approximate surface area is 173 Å². The molecule has 0 bridgehead atoms. The highest BCUT2D eigenvalue weighted by atomic mass is 16.5. The summed E-state index contributed by atoms with van der Waals surface area (Å²) in [6.45, 7) is -0.350. The van der Waals surface area contributed by atoms with E-state index in [0.717, 1.165) is 40.7 Å². The lowest BCUT2D eigenvalue weighted by Crippen LogP contribution is -2.20. The van der Waals surface area contributed by atoms with Crippen LogP contribution in [0.15, 0.2) is 48.5 Å². The van der Waals surface area contributed by atoms with Gasteiger partial charge in [0.1, 0.15) is 0 Å². The number of likely N-dealkylation sites (N-methyl/N-ethyl adjacent to an activating group) is 1. The fraction of sp³-hybridized carbons (Fsp3) is 0.250. The molecule has 0 unspecified atom stereocenters. The number of anilines is 1. The highest BCUT2D eigenvalue weighted by Gasteiger charge is 2.28. The van der Waals surface area contributed by atoms with E-state index >= 15 is 0 Å². The van der Waals surface area contributed by atoms with Crippen molar-refractivity contribution in [2.24, 2.45) is 0 Å². The number of pyridine rings is 1. The summed E-state index contributed by atoms with van der Waals surface area (Å²) in [7, 11) is 1.71.